The third kappa shape index (κ3) is 2.88. The van der Waals surface area contributed by atoms with Crippen LogP contribution in [0.2, 0.25) is 5.02 Å². The lowest BCUT2D eigenvalue weighted by Crippen LogP contribution is -2.10. The molecular weight excluding hydrogens is 225 g/mol. The van der Waals surface area contributed by atoms with Gasteiger partial charge in [-0.1, -0.05) is 24.9 Å². The molecule has 1 rings (SSSR count). The summed E-state index contributed by atoms with van der Waals surface area (Å²) in [5.74, 6) is 0. The standard InChI is InChI=1S/C11H12ClF3/c1-3-4-8-9(11(13,14)15)5-7(2)6-10(8)12/h5-6H,3-4H2,1-2H3. The van der Waals surface area contributed by atoms with Crippen molar-refractivity contribution in [3.05, 3.63) is 33.8 Å². The molecule has 0 aromatic heterocycles. The van der Waals surface area contributed by atoms with Crippen LogP contribution in [0.3, 0.4) is 0 Å². The van der Waals surface area contributed by atoms with Crippen molar-refractivity contribution in [2.45, 2.75) is 32.9 Å². The average molecular weight is 237 g/mol. The summed E-state index contributed by atoms with van der Waals surface area (Å²) in [6.07, 6.45) is -3.32. The molecule has 4 heteroatoms. The predicted molar refractivity (Wildman–Crippen MR) is 55.2 cm³/mol. The van der Waals surface area contributed by atoms with Crippen LogP contribution in [0.15, 0.2) is 12.1 Å². The maximum absolute atomic E-state index is 12.7. The SMILES string of the molecule is CCCc1c(Cl)cc(C)cc1C(F)(F)F. The summed E-state index contributed by atoms with van der Waals surface area (Å²) in [4.78, 5) is 0. The molecule has 0 bridgehead atoms. The summed E-state index contributed by atoms with van der Waals surface area (Å²) in [5, 5.41) is 0.212. The first-order valence-corrected chi connectivity index (χ1v) is 5.10. The second kappa shape index (κ2) is 4.44. The molecule has 0 spiro atoms. The Balaban J connectivity index is 3.33. The highest BCUT2D eigenvalue weighted by Gasteiger charge is 2.34. The minimum Gasteiger partial charge on any atom is -0.166 e. The van der Waals surface area contributed by atoms with Gasteiger partial charge in [0.15, 0.2) is 0 Å². The summed E-state index contributed by atoms with van der Waals surface area (Å²) in [7, 11) is 0. The second-order valence-corrected chi connectivity index (χ2v) is 3.93. The van der Waals surface area contributed by atoms with E-state index in [9.17, 15) is 13.2 Å². The van der Waals surface area contributed by atoms with Gasteiger partial charge >= 0.3 is 6.18 Å². The molecule has 0 fully saturated rings. The number of halogens is 4. The Morgan fingerprint density at radius 1 is 1.27 bits per heavy atom. The van der Waals surface area contributed by atoms with Crippen molar-refractivity contribution in [1.29, 1.82) is 0 Å². The van der Waals surface area contributed by atoms with Crippen molar-refractivity contribution >= 4 is 11.6 Å². The molecule has 0 saturated heterocycles. The third-order valence-electron chi connectivity index (χ3n) is 2.15. The van der Waals surface area contributed by atoms with E-state index in [0.29, 0.717) is 18.4 Å². The van der Waals surface area contributed by atoms with Crippen molar-refractivity contribution < 1.29 is 13.2 Å². The first kappa shape index (κ1) is 12.4. The first-order chi connectivity index (χ1) is 6.86. The number of aryl methyl sites for hydroxylation is 1. The Morgan fingerprint density at radius 3 is 2.33 bits per heavy atom. The fraction of sp³-hybridized carbons (Fsp3) is 0.455. The van der Waals surface area contributed by atoms with Gasteiger partial charge in [0.05, 0.1) is 5.56 Å². The zero-order chi connectivity index (χ0) is 11.6. The van der Waals surface area contributed by atoms with Gasteiger partial charge in [0.25, 0.3) is 0 Å². The van der Waals surface area contributed by atoms with Gasteiger partial charge < -0.3 is 0 Å². The zero-order valence-corrected chi connectivity index (χ0v) is 9.34. The molecule has 0 aliphatic carbocycles. The van der Waals surface area contributed by atoms with Crippen LogP contribution in [0.4, 0.5) is 13.2 Å². The van der Waals surface area contributed by atoms with Crippen LogP contribution in [-0.2, 0) is 12.6 Å². The Bertz CT molecular complexity index is 356. The lowest BCUT2D eigenvalue weighted by molar-refractivity contribution is -0.138. The molecule has 15 heavy (non-hydrogen) atoms. The van der Waals surface area contributed by atoms with Gasteiger partial charge in [-0.25, -0.2) is 0 Å². The van der Waals surface area contributed by atoms with Crippen molar-refractivity contribution in [3.8, 4) is 0 Å². The molecule has 0 amide bonds. The number of hydrogen-bond donors (Lipinski definition) is 0. The quantitative estimate of drug-likeness (QED) is 0.703. The van der Waals surface area contributed by atoms with E-state index in [1.54, 1.807) is 13.0 Å². The molecule has 0 nitrogen and oxygen atoms in total. The number of hydrogen-bond acceptors (Lipinski definition) is 0. The molecule has 0 aliphatic rings. The molecule has 0 saturated carbocycles. The van der Waals surface area contributed by atoms with Crippen molar-refractivity contribution in [2.75, 3.05) is 0 Å². The molecule has 0 aliphatic heterocycles. The van der Waals surface area contributed by atoms with Gasteiger partial charge in [-0.15, -0.1) is 0 Å². The molecule has 1 aromatic carbocycles. The number of alkyl halides is 3. The van der Waals surface area contributed by atoms with Gasteiger partial charge in [-0.2, -0.15) is 13.2 Å². The van der Waals surface area contributed by atoms with Gasteiger partial charge in [0, 0.05) is 5.02 Å². The van der Waals surface area contributed by atoms with E-state index in [2.05, 4.69) is 0 Å². The fourth-order valence-corrected chi connectivity index (χ4v) is 1.90. The molecule has 1 aromatic rings. The van der Waals surface area contributed by atoms with E-state index in [1.165, 1.54) is 0 Å². The molecule has 84 valence electrons. The van der Waals surface area contributed by atoms with Crippen molar-refractivity contribution in [1.82, 2.24) is 0 Å². The summed E-state index contributed by atoms with van der Waals surface area (Å²) in [6, 6.07) is 2.72. The van der Waals surface area contributed by atoms with Crippen LogP contribution in [0, 0.1) is 6.92 Å². The highest BCUT2D eigenvalue weighted by Crippen LogP contribution is 2.36. The smallest absolute Gasteiger partial charge is 0.166 e. The molecule has 0 radical (unpaired) electrons. The minimum atomic E-state index is -4.32. The van der Waals surface area contributed by atoms with Gasteiger partial charge in [0.1, 0.15) is 0 Å². The predicted octanol–water partition coefficient (Wildman–Crippen LogP) is 4.62. The van der Waals surface area contributed by atoms with Gasteiger partial charge in [-0.3, -0.25) is 0 Å². The Kier molecular flexibility index (Phi) is 3.66. The summed E-state index contributed by atoms with van der Waals surface area (Å²) in [6.45, 7) is 3.44. The molecule has 0 N–H and O–H groups in total. The summed E-state index contributed by atoms with van der Waals surface area (Å²) in [5.41, 5.74) is 0.138. The monoisotopic (exact) mass is 236 g/mol. The van der Waals surface area contributed by atoms with Crippen LogP contribution < -0.4 is 0 Å². The highest BCUT2D eigenvalue weighted by molar-refractivity contribution is 6.31. The normalized spacial score (nSPS) is 11.9. The van der Waals surface area contributed by atoms with E-state index in [1.807, 2.05) is 6.92 Å². The van der Waals surface area contributed by atoms with Crippen LogP contribution in [0.1, 0.15) is 30.0 Å². The highest BCUT2D eigenvalue weighted by atomic mass is 35.5. The summed E-state index contributed by atoms with van der Waals surface area (Å²) >= 11 is 5.82. The van der Waals surface area contributed by atoms with E-state index in [0.717, 1.165) is 6.07 Å². The van der Waals surface area contributed by atoms with E-state index in [-0.39, 0.29) is 10.6 Å². The van der Waals surface area contributed by atoms with E-state index in [4.69, 9.17) is 11.6 Å². The van der Waals surface area contributed by atoms with E-state index >= 15 is 0 Å². The van der Waals surface area contributed by atoms with Crippen molar-refractivity contribution in [2.24, 2.45) is 0 Å². The number of rotatable bonds is 2. The summed E-state index contributed by atoms with van der Waals surface area (Å²) < 4.78 is 38.0. The van der Waals surface area contributed by atoms with Crippen LogP contribution in [0.25, 0.3) is 0 Å². The minimum absolute atomic E-state index is 0.206. The maximum atomic E-state index is 12.7. The van der Waals surface area contributed by atoms with Gasteiger partial charge in [-0.05, 0) is 36.6 Å². The number of benzene rings is 1. The lowest BCUT2D eigenvalue weighted by atomic mass is 10.0. The average Bonchev–Trinajstić information content (AvgIpc) is 2.07. The fourth-order valence-electron chi connectivity index (χ4n) is 1.53. The Hall–Kier alpha value is -0.700. The van der Waals surface area contributed by atoms with Crippen LogP contribution >= 0.6 is 11.6 Å². The maximum Gasteiger partial charge on any atom is 0.416 e. The topological polar surface area (TPSA) is 0 Å². The van der Waals surface area contributed by atoms with E-state index < -0.39 is 11.7 Å². The molecule has 0 heterocycles. The van der Waals surface area contributed by atoms with Crippen molar-refractivity contribution in [3.63, 3.8) is 0 Å². The third-order valence-corrected chi connectivity index (χ3v) is 2.48. The molecule has 0 unspecified atom stereocenters. The second-order valence-electron chi connectivity index (χ2n) is 3.52. The van der Waals surface area contributed by atoms with Gasteiger partial charge in [0.2, 0.25) is 0 Å². The van der Waals surface area contributed by atoms with Crippen LogP contribution in [0.5, 0.6) is 0 Å². The zero-order valence-electron chi connectivity index (χ0n) is 8.58. The van der Waals surface area contributed by atoms with Crippen LogP contribution in [-0.4, -0.2) is 0 Å². The Morgan fingerprint density at radius 2 is 1.87 bits per heavy atom. The molecule has 0 atom stereocenters. The largest absolute Gasteiger partial charge is 0.416 e. The first-order valence-electron chi connectivity index (χ1n) is 4.72. The Labute approximate surface area is 92.1 Å². The molecular formula is C11H12ClF3. The lowest BCUT2D eigenvalue weighted by Gasteiger charge is -2.14.